The molecule has 0 spiro atoms. The Kier molecular flexibility index (Phi) is 6.51. The summed E-state index contributed by atoms with van der Waals surface area (Å²) in [5.41, 5.74) is 3.85. The van der Waals surface area contributed by atoms with Crippen LogP contribution in [-0.4, -0.2) is 0 Å². The highest BCUT2D eigenvalue weighted by Crippen LogP contribution is 2.28. The van der Waals surface area contributed by atoms with Crippen LogP contribution in [0, 0.1) is 29.5 Å². The van der Waals surface area contributed by atoms with Crippen molar-refractivity contribution in [3.8, 4) is 23.0 Å². The predicted molar refractivity (Wildman–Crippen MR) is 108 cm³/mol. The van der Waals surface area contributed by atoms with Crippen LogP contribution < -0.4 is 0 Å². The zero-order valence-electron chi connectivity index (χ0n) is 16.0. The number of hydrogen-bond donors (Lipinski definition) is 0. The highest BCUT2D eigenvalue weighted by molar-refractivity contribution is 5.65. The lowest BCUT2D eigenvalue weighted by molar-refractivity contribution is 0.337. The molecule has 0 atom stereocenters. The van der Waals surface area contributed by atoms with Gasteiger partial charge in [0.05, 0.1) is 0 Å². The van der Waals surface area contributed by atoms with E-state index in [2.05, 4.69) is 37.8 Å². The van der Waals surface area contributed by atoms with Gasteiger partial charge in [-0.1, -0.05) is 56.4 Å². The molecular formula is C25H29F. The number of benzene rings is 2. The monoisotopic (exact) mass is 348 g/mol. The maximum Gasteiger partial charge on any atom is 0.127 e. The summed E-state index contributed by atoms with van der Waals surface area (Å²) in [6.45, 7) is 4.47. The topological polar surface area (TPSA) is 0 Å². The summed E-state index contributed by atoms with van der Waals surface area (Å²) in [6, 6.07) is 13.8. The summed E-state index contributed by atoms with van der Waals surface area (Å²) in [5, 5.41) is 0. The second-order valence-corrected chi connectivity index (χ2v) is 7.71. The molecule has 1 aliphatic carbocycles. The molecule has 2 aromatic carbocycles. The molecule has 1 aliphatic rings. The fraction of sp³-hybridized carbons (Fsp3) is 0.440. The van der Waals surface area contributed by atoms with Crippen LogP contribution in [-0.2, 0) is 6.42 Å². The van der Waals surface area contributed by atoms with Crippen molar-refractivity contribution in [3.63, 3.8) is 0 Å². The van der Waals surface area contributed by atoms with E-state index in [-0.39, 0.29) is 5.82 Å². The van der Waals surface area contributed by atoms with Crippen LogP contribution in [0.1, 0.15) is 63.5 Å². The molecule has 0 radical (unpaired) electrons. The summed E-state index contributed by atoms with van der Waals surface area (Å²) in [7, 11) is 0. The third-order valence-electron chi connectivity index (χ3n) is 5.51. The highest BCUT2D eigenvalue weighted by Gasteiger charge is 2.15. The minimum Gasteiger partial charge on any atom is -0.207 e. The molecule has 0 bridgehead atoms. The Labute approximate surface area is 157 Å². The van der Waals surface area contributed by atoms with Crippen molar-refractivity contribution in [2.45, 2.75) is 58.8 Å². The van der Waals surface area contributed by atoms with Crippen LogP contribution >= 0.6 is 0 Å². The van der Waals surface area contributed by atoms with E-state index in [4.69, 9.17) is 0 Å². The Balaban J connectivity index is 1.67. The smallest absolute Gasteiger partial charge is 0.127 e. The van der Waals surface area contributed by atoms with E-state index in [1.807, 2.05) is 24.3 Å². The van der Waals surface area contributed by atoms with Crippen LogP contribution in [0.4, 0.5) is 4.39 Å². The zero-order valence-corrected chi connectivity index (χ0v) is 16.0. The Hall–Kier alpha value is -2.07. The lowest BCUT2D eigenvalue weighted by Crippen LogP contribution is -2.10. The van der Waals surface area contributed by atoms with Crippen LogP contribution in [0.25, 0.3) is 11.1 Å². The van der Waals surface area contributed by atoms with Crippen molar-refractivity contribution in [2.75, 3.05) is 0 Å². The van der Waals surface area contributed by atoms with E-state index in [1.54, 1.807) is 6.07 Å². The quantitative estimate of drug-likeness (QED) is 0.521. The minimum absolute atomic E-state index is 0.0913. The lowest BCUT2D eigenvalue weighted by atomic mass is 9.83. The van der Waals surface area contributed by atoms with Crippen molar-refractivity contribution in [3.05, 3.63) is 59.4 Å². The minimum atomic E-state index is -0.0913. The average Bonchev–Trinajstić information content (AvgIpc) is 2.67. The Morgan fingerprint density at radius 2 is 1.65 bits per heavy atom. The summed E-state index contributed by atoms with van der Waals surface area (Å²) in [6.07, 6.45) is 8.01. The van der Waals surface area contributed by atoms with Gasteiger partial charge in [0.25, 0.3) is 0 Å². The van der Waals surface area contributed by atoms with Gasteiger partial charge in [-0.25, -0.2) is 4.39 Å². The fourth-order valence-electron chi connectivity index (χ4n) is 3.63. The highest BCUT2D eigenvalue weighted by atomic mass is 19.1. The molecule has 1 heteroatoms. The summed E-state index contributed by atoms with van der Waals surface area (Å²) in [5.74, 6) is 8.09. The van der Waals surface area contributed by atoms with E-state index in [0.717, 1.165) is 47.4 Å². The Bertz CT molecular complexity index is 768. The molecule has 0 aliphatic heterocycles. The maximum absolute atomic E-state index is 14.3. The van der Waals surface area contributed by atoms with Gasteiger partial charge < -0.3 is 0 Å². The molecular weight excluding hydrogens is 319 g/mol. The van der Waals surface area contributed by atoms with Crippen LogP contribution in [0.5, 0.6) is 0 Å². The molecule has 1 saturated carbocycles. The Morgan fingerprint density at radius 3 is 2.31 bits per heavy atom. The number of rotatable bonds is 4. The van der Waals surface area contributed by atoms with Crippen molar-refractivity contribution >= 4 is 0 Å². The van der Waals surface area contributed by atoms with E-state index in [0.29, 0.717) is 5.92 Å². The fourth-order valence-corrected chi connectivity index (χ4v) is 3.63. The van der Waals surface area contributed by atoms with Gasteiger partial charge in [-0.05, 0) is 79.3 Å². The number of halogens is 1. The third-order valence-corrected chi connectivity index (χ3v) is 5.51. The van der Waals surface area contributed by atoms with Crippen LogP contribution in [0.15, 0.2) is 42.5 Å². The summed E-state index contributed by atoms with van der Waals surface area (Å²) in [4.78, 5) is 0. The molecule has 0 aromatic heterocycles. The van der Waals surface area contributed by atoms with E-state index in [9.17, 15) is 4.39 Å². The van der Waals surface area contributed by atoms with Crippen molar-refractivity contribution in [2.24, 2.45) is 11.8 Å². The van der Waals surface area contributed by atoms with E-state index in [1.165, 1.54) is 25.7 Å². The van der Waals surface area contributed by atoms with Gasteiger partial charge in [0.1, 0.15) is 5.82 Å². The number of hydrogen-bond acceptors (Lipinski definition) is 0. The summed E-state index contributed by atoms with van der Waals surface area (Å²) >= 11 is 0. The molecule has 26 heavy (non-hydrogen) atoms. The molecule has 2 aromatic rings. The first-order valence-electron chi connectivity index (χ1n) is 10.1. The molecule has 136 valence electrons. The average molecular weight is 349 g/mol. The standard InChI is InChI=1S/C25H29F/c1-3-4-5-23-16-17-24(18-25(23)26)22-14-12-21(13-15-22)11-10-20-8-6-19(2)7-9-20/h12-20H,3-9H2,1-2H3/t19-,20-. The largest absolute Gasteiger partial charge is 0.207 e. The van der Waals surface area contributed by atoms with Gasteiger partial charge in [0.2, 0.25) is 0 Å². The molecule has 0 nitrogen and oxygen atoms in total. The number of unbranched alkanes of at least 4 members (excludes halogenated alkanes) is 1. The zero-order chi connectivity index (χ0) is 18.4. The molecule has 0 saturated heterocycles. The van der Waals surface area contributed by atoms with Crippen LogP contribution in [0.2, 0.25) is 0 Å². The summed E-state index contributed by atoms with van der Waals surface area (Å²) < 4.78 is 14.3. The van der Waals surface area contributed by atoms with Gasteiger partial charge >= 0.3 is 0 Å². The molecule has 3 rings (SSSR count). The van der Waals surface area contributed by atoms with Gasteiger partial charge in [-0.15, -0.1) is 0 Å². The van der Waals surface area contributed by atoms with E-state index < -0.39 is 0 Å². The SMILES string of the molecule is CCCCc1ccc(-c2ccc(C#C[C@H]3CC[C@H](C)CC3)cc2)cc1F. The van der Waals surface area contributed by atoms with Crippen LogP contribution in [0.3, 0.4) is 0 Å². The maximum atomic E-state index is 14.3. The third kappa shape index (κ3) is 4.98. The van der Waals surface area contributed by atoms with Gasteiger partial charge in [0, 0.05) is 11.5 Å². The normalized spacial score (nSPS) is 19.7. The van der Waals surface area contributed by atoms with Gasteiger partial charge in [-0.3, -0.25) is 0 Å². The number of aryl methyl sites for hydroxylation is 1. The van der Waals surface area contributed by atoms with Gasteiger partial charge in [-0.2, -0.15) is 0 Å². The molecule has 0 heterocycles. The second-order valence-electron chi connectivity index (χ2n) is 7.71. The molecule has 1 fully saturated rings. The predicted octanol–water partition coefficient (Wildman–Crippen LogP) is 7.01. The first-order valence-corrected chi connectivity index (χ1v) is 10.1. The lowest BCUT2D eigenvalue weighted by Gasteiger charge is -2.21. The molecule has 0 amide bonds. The van der Waals surface area contributed by atoms with Crippen molar-refractivity contribution in [1.29, 1.82) is 0 Å². The molecule has 0 N–H and O–H groups in total. The Morgan fingerprint density at radius 1 is 0.962 bits per heavy atom. The van der Waals surface area contributed by atoms with E-state index >= 15 is 0 Å². The van der Waals surface area contributed by atoms with Gasteiger partial charge in [0.15, 0.2) is 0 Å². The second kappa shape index (κ2) is 9.04. The first kappa shape index (κ1) is 18.7. The molecule has 0 unspecified atom stereocenters. The first-order chi connectivity index (χ1) is 12.7. The van der Waals surface area contributed by atoms with Crippen molar-refractivity contribution < 1.29 is 4.39 Å². The van der Waals surface area contributed by atoms with Crippen molar-refractivity contribution in [1.82, 2.24) is 0 Å².